The highest BCUT2D eigenvalue weighted by atomic mass is 16.5. The van der Waals surface area contributed by atoms with Gasteiger partial charge in [0.05, 0.1) is 12.7 Å². The third-order valence-corrected chi connectivity index (χ3v) is 2.65. The number of hydrogen-bond acceptors (Lipinski definition) is 2. The van der Waals surface area contributed by atoms with Gasteiger partial charge in [-0.05, 0) is 31.2 Å². The van der Waals surface area contributed by atoms with Crippen LogP contribution in [0.5, 0.6) is 0 Å². The van der Waals surface area contributed by atoms with Gasteiger partial charge in [0.2, 0.25) is 0 Å². The molecule has 52 valence electrons. The second-order valence-corrected chi connectivity index (χ2v) is 3.18. The molecule has 3 unspecified atom stereocenters. The third-order valence-electron chi connectivity index (χ3n) is 2.65. The topological polar surface area (TPSA) is 35.2 Å². The molecule has 1 aliphatic heterocycles. The van der Waals surface area contributed by atoms with Crippen molar-refractivity contribution in [3.8, 4) is 0 Å². The van der Waals surface area contributed by atoms with E-state index in [0.29, 0.717) is 6.10 Å². The SMILES string of the molecule is NCC1CC2CC1CO2. The van der Waals surface area contributed by atoms with E-state index < -0.39 is 0 Å². The number of nitrogens with two attached hydrogens (primary N) is 1. The lowest BCUT2D eigenvalue weighted by Gasteiger charge is -2.19. The minimum Gasteiger partial charge on any atom is -0.378 e. The Morgan fingerprint density at radius 3 is 2.67 bits per heavy atom. The van der Waals surface area contributed by atoms with Gasteiger partial charge in [0.25, 0.3) is 0 Å². The summed E-state index contributed by atoms with van der Waals surface area (Å²) in [5, 5.41) is 0. The normalized spacial score (nSPS) is 48.3. The van der Waals surface area contributed by atoms with E-state index in [0.717, 1.165) is 25.0 Å². The van der Waals surface area contributed by atoms with Crippen LogP contribution in [0.1, 0.15) is 12.8 Å². The van der Waals surface area contributed by atoms with E-state index in [1.807, 2.05) is 0 Å². The fourth-order valence-corrected chi connectivity index (χ4v) is 2.05. The van der Waals surface area contributed by atoms with Crippen molar-refractivity contribution in [2.75, 3.05) is 13.2 Å². The van der Waals surface area contributed by atoms with Gasteiger partial charge in [-0.2, -0.15) is 0 Å². The van der Waals surface area contributed by atoms with E-state index in [4.69, 9.17) is 10.5 Å². The highest BCUT2D eigenvalue weighted by molar-refractivity contribution is 4.89. The average molecular weight is 127 g/mol. The summed E-state index contributed by atoms with van der Waals surface area (Å²) in [7, 11) is 0. The van der Waals surface area contributed by atoms with Crippen LogP contribution in [0.25, 0.3) is 0 Å². The lowest BCUT2D eigenvalue weighted by Crippen LogP contribution is -2.24. The van der Waals surface area contributed by atoms with Crippen LogP contribution in [0.2, 0.25) is 0 Å². The maximum atomic E-state index is 5.56. The van der Waals surface area contributed by atoms with Crippen LogP contribution in [0.4, 0.5) is 0 Å². The molecule has 2 fully saturated rings. The van der Waals surface area contributed by atoms with Crippen molar-refractivity contribution in [1.29, 1.82) is 0 Å². The lowest BCUT2D eigenvalue weighted by atomic mass is 9.97. The maximum Gasteiger partial charge on any atom is 0.0582 e. The molecular formula is C7H13NO. The van der Waals surface area contributed by atoms with E-state index in [9.17, 15) is 0 Å². The maximum absolute atomic E-state index is 5.56. The van der Waals surface area contributed by atoms with Gasteiger partial charge < -0.3 is 10.5 Å². The number of rotatable bonds is 1. The molecule has 2 N–H and O–H groups in total. The number of fused-ring (bicyclic) bond motifs is 2. The first-order valence-electron chi connectivity index (χ1n) is 3.72. The van der Waals surface area contributed by atoms with Gasteiger partial charge in [0, 0.05) is 0 Å². The summed E-state index contributed by atoms with van der Waals surface area (Å²) in [5.41, 5.74) is 5.56. The van der Waals surface area contributed by atoms with Crippen LogP contribution >= 0.6 is 0 Å². The minimum absolute atomic E-state index is 0.573. The molecule has 2 nitrogen and oxygen atoms in total. The Labute approximate surface area is 55.4 Å². The zero-order chi connectivity index (χ0) is 6.27. The molecule has 3 atom stereocenters. The summed E-state index contributed by atoms with van der Waals surface area (Å²) in [4.78, 5) is 0. The summed E-state index contributed by atoms with van der Waals surface area (Å²) in [6.07, 6.45) is 3.08. The number of hydrogen-bond donors (Lipinski definition) is 1. The molecule has 1 heterocycles. The fourth-order valence-electron chi connectivity index (χ4n) is 2.05. The van der Waals surface area contributed by atoms with Crippen molar-refractivity contribution < 1.29 is 4.74 Å². The molecule has 1 saturated carbocycles. The summed E-state index contributed by atoms with van der Waals surface area (Å²) >= 11 is 0. The smallest absolute Gasteiger partial charge is 0.0582 e. The molecule has 0 radical (unpaired) electrons. The summed E-state index contributed by atoms with van der Waals surface area (Å²) in [5.74, 6) is 1.59. The first-order valence-corrected chi connectivity index (χ1v) is 3.72. The van der Waals surface area contributed by atoms with Gasteiger partial charge in [-0.15, -0.1) is 0 Å². The molecular weight excluding hydrogens is 114 g/mol. The van der Waals surface area contributed by atoms with Crippen molar-refractivity contribution in [2.45, 2.75) is 18.9 Å². The van der Waals surface area contributed by atoms with Crippen molar-refractivity contribution in [3.05, 3.63) is 0 Å². The van der Waals surface area contributed by atoms with E-state index >= 15 is 0 Å². The molecule has 0 amide bonds. The molecule has 0 spiro atoms. The standard InChI is InChI=1S/C7H13NO/c8-3-5-1-7-2-6(5)4-9-7/h5-7H,1-4,8H2. The first-order chi connectivity index (χ1) is 4.40. The van der Waals surface area contributed by atoms with Gasteiger partial charge >= 0.3 is 0 Å². The van der Waals surface area contributed by atoms with Gasteiger partial charge in [0.1, 0.15) is 0 Å². The lowest BCUT2D eigenvalue weighted by molar-refractivity contribution is 0.0545. The fraction of sp³-hybridized carbons (Fsp3) is 1.00. The minimum atomic E-state index is 0.573. The van der Waals surface area contributed by atoms with Crippen LogP contribution in [0.3, 0.4) is 0 Å². The van der Waals surface area contributed by atoms with Gasteiger partial charge in [-0.3, -0.25) is 0 Å². The Bertz CT molecular complexity index is 115. The Morgan fingerprint density at radius 2 is 2.33 bits per heavy atom. The van der Waals surface area contributed by atoms with Gasteiger partial charge in [-0.1, -0.05) is 0 Å². The number of ether oxygens (including phenoxy) is 1. The van der Waals surface area contributed by atoms with Crippen molar-refractivity contribution >= 4 is 0 Å². The Balaban J connectivity index is 2.01. The quantitative estimate of drug-likeness (QED) is 0.552. The average Bonchev–Trinajstić information content (AvgIpc) is 2.45. The molecule has 2 rings (SSSR count). The molecule has 9 heavy (non-hydrogen) atoms. The zero-order valence-corrected chi connectivity index (χ0v) is 5.55. The highest BCUT2D eigenvalue weighted by Gasteiger charge is 2.39. The Kier molecular flexibility index (Phi) is 1.24. The monoisotopic (exact) mass is 127 g/mol. The molecule has 0 aromatic rings. The van der Waals surface area contributed by atoms with Crippen LogP contribution in [-0.2, 0) is 4.74 Å². The summed E-state index contributed by atoms with van der Waals surface area (Å²) in [6.45, 7) is 1.84. The van der Waals surface area contributed by atoms with Gasteiger partial charge in [0.15, 0.2) is 0 Å². The predicted octanol–water partition coefficient (Wildman–Crippen LogP) is 0.370. The second kappa shape index (κ2) is 1.96. The van der Waals surface area contributed by atoms with Crippen LogP contribution in [-0.4, -0.2) is 19.3 Å². The van der Waals surface area contributed by atoms with Crippen molar-refractivity contribution in [1.82, 2.24) is 0 Å². The molecule has 2 bridgehead atoms. The van der Waals surface area contributed by atoms with E-state index in [1.54, 1.807) is 0 Å². The molecule has 1 aliphatic carbocycles. The Hall–Kier alpha value is -0.0800. The molecule has 1 saturated heterocycles. The molecule has 2 heteroatoms. The van der Waals surface area contributed by atoms with Crippen LogP contribution in [0, 0.1) is 11.8 Å². The predicted molar refractivity (Wildman–Crippen MR) is 35.0 cm³/mol. The molecule has 0 aromatic carbocycles. The second-order valence-electron chi connectivity index (χ2n) is 3.18. The van der Waals surface area contributed by atoms with Crippen molar-refractivity contribution in [2.24, 2.45) is 17.6 Å². The highest BCUT2D eigenvalue weighted by Crippen LogP contribution is 2.39. The molecule has 2 aliphatic rings. The van der Waals surface area contributed by atoms with Crippen molar-refractivity contribution in [3.63, 3.8) is 0 Å². The van der Waals surface area contributed by atoms with Crippen LogP contribution < -0.4 is 5.73 Å². The van der Waals surface area contributed by atoms with Gasteiger partial charge in [-0.25, -0.2) is 0 Å². The van der Waals surface area contributed by atoms with E-state index in [2.05, 4.69) is 0 Å². The zero-order valence-electron chi connectivity index (χ0n) is 5.55. The van der Waals surface area contributed by atoms with E-state index in [-0.39, 0.29) is 0 Å². The van der Waals surface area contributed by atoms with E-state index in [1.165, 1.54) is 12.8 Å². The third kappa shape index (κ3) is 0.775. The molecule has 0 aromatic heterocycles. The van der Waals surface area contributed by atoms with Crippen LogP contribution in [0.15, 0.2) is 0 Å². The summed E-state index contributed by atoms with van der Waals surface area (Å²) < 4.78 is 5.43. The summed E-state index contributed by atoms with van der Waals surface area (Å²) in [6, 6.07) is 0. The largest absolute Gasteiger partial charge is 0.378 e. The Morgan fingerprint density at radius 1 is 1.44 bits per heavy atom. The first kappa shape index (κ1) is 5.69.